The van der Waals surface area contributed by atoms with Gasteiger partial charge in [0.2, 0.25) is 5.91 Å². The first-order valence-electron chi connectivity index (χ1n) is 10.1. The van der Waals surface area contributed by atoms with Crippen LogP contribution in [0, 0.1) is 6.92 Å². The van der Waals surface area contributed by atoms with Crippen molar-refractivity contribution in [3.63, 3.8) is 0 Å². The molecule has 0 saturated carbocycles. The minimum Gasteiger partial charge on any atom is -0.495 e. The number of benzene rings is 3. The van der Waals surface area contributed by atoms with Gasteiger partial charge in [-0.3, -0.25) is 9.59 Å². The second-order valence-corrected chi connectivity index (χ2v) is 8.52. The third-order valence-corrected chi connectivity index (χ3v) is 6.48. The maximum absolute atomic E-state index is 12.7. The second kappa shape index (κ2) is 9.27. The zero-order valence-corrected chi connectivity index (χ0v) is 18.3. The highest BCUT2D eigenvalue weighted by atomic mass is 32.2. The van der Waals surface area contributed by atoms with E-state index < -0.39 is 0 Å². The molecule has 3 aromatic rings. The first-order chi connectivity index (χ1) is 15.0. The molecule has 0 bridgehead atoms. The number of hydrogen-bond acceptors (Lipinski definition) is 4. The molecule has 1 heterocycles. The van der Waals surface area contributed by atoms with Crippen LogP contribution in [0.15, 0.2) is 72.8 Å². The first kappa shape index (κ1) is 21.0. The molecule has 1 atom stereocenters. The van der Waals surface area contributed by atoms with Crippen molar-refractivity contribution in [2.45, 2.75) is 18.8 Å². The van der Waals surface area contributed by atoms with Crippen molar-refractivity contribution in [3.05, 3.63) is 95.1 Å². The van der Waals surface area contributed by atoms with E-state index >= 15 is 0 Å². The SMILES string of the molecule is COc1ccc(C)cc1NC(=O)c1ccc([C@H]2SCC(=O)N2Cc2ccccc2)cc1. The van der Waals surface area contributed by atoms with E-state index in [4.69, 9.17) is 4.74 Å². The van der Waals surface area contributed by atoms with Crippen LogP contribution in [0.5, 0.6) is 5.75 Å². The van der Waals surface area contributed by atoms with Crippen LogP contribution in [0.4, 0.5) is 5.69 Å². The Bertz CT molecular complexity index is 1080. The molecule has 3 aromatic carbocycles. The minimum atomic E-state index is -0.202. The molecule has 1 fully saturated rings. The van der Waals surface area contributed by atoms with E-state index in [2.05, 4.69) is 5.32 Å². The fourth-order valence-corrected chi connectivity index (χ4v) is 4.78. The normalized spacial score (nSPS) is 15.7. The van der Waals surface area contributed by atoms with Crippen molar-refractivity contribution < 1.29 is 14.3 Å². The predicted octanol–water partition coefficient (Wildman–Crippen LogP) is 5.03. The molecule has 1 aliphatic heterocycles. The van der Waals surface area contributed by atoms with Gasteiger partial charge >= 0.3 is 0 Å². The predicted molar refractivity (Wildman–Crippen MR) is 124 cm³/mol. The maximum Gasteiger partial charge on any atom is 0.255 e. The number of carbonyl (C=O) groups excluding carboxylic acids is 2. The van der Waals surface area contributed by atoms with Crippen molar-refractivity contribution in [2.75, 3.05) is 18.2 Å². The van der Waals surface area contributed by atoms with Crippen LogP contribution in [0.3, 0.4) is 0 Å². The summed E-state index contributed by atoms with van der Waals surface area (Å²) in [5.74, 6) is 1.01. The van der Waals surface area contributed by atoms with Gasteiger partial charge in [-0.15, -0.1) is 11.8 Å². The summed E-state index contributed by atoms with van der Waals surface area (Å²) in [6, 6.07) is 23.1. The average Bonchev–Trinajstić information content (AvgIpc) is 3.15. The molecule has 31 heavy (non-hydrogen) atoms. The van der Waals surface area contributed by atoms with E-state index in [-0.39, 0.29) is 17.2 Å². The number of anilines is 1. The minimum absolute atomic E-state index is 0.0540. The molecule has 158 valence electrons. The molecule has 5 nitrogen and oxygen atoms in total. The molecule has 0 unspecified atom stereocenters. The van der Waals surface area contributed by atoms with Gasteiger partial charge in [-0.05, 0) is 47.9 Å². The molecule has 0 radical (unpaired) electrons. The molecule has 0 spiro atoms. The van der Waals surface area contributed by atoms with Crippen molar-refractivity contribution in [1.82, 2.24) is 4.90 Å². The van der Waals surface area contributed by atoms with Gasteiger partial charge in [-0.1, -0.05) is 48.5 Å². The molecule has 1 saturated heterocycles. The Morgan fingerprint density at radius 3 is 2.55 bits per heavy atom. The molecular weight excluding hydrogens is 408 g/mol. The molecular formula is C25H24N2O3S. The third-order valence-electron chi connectivity index (χ3n) is 5.23. The number of ether oxygens (including phenoxy) is 1. The van der Waals surface area contributed by atoms with E-state index in [0.29, 0.717) is 29.3 Å². The lowest BCUT2D eigenvalue weighted by atomic mass is 10.1. The van der Waals surface area contributed by atoms with E-state index in [1.807, 2.05) is 72.5 Å². The highest BCUT2D eigenvalue weighted by molar-refractivity contribution is 8.00. The number of carbonyl (C=O) groups is 2. The van der Waals surface area contributed by atoms with Crippen LogP contribution >= 0.6 is 11.8 Å². The number of methoxy groups -OCH3 is 1. The Morgan fingerprint density at radius 2 is 1.84 bits per heavy atom. The second-order valence-electron chi connectivity index (χ2n) is 7.45. The smallest absolute Gasteiger partial charge is 0.255 e. The van der Waals surface area contributed by atoms with Gasteiger partial charge in [0, 0.05) is 12.1 Å². The van der Waals surface area contributed by atoms with E-state index in [1.54, 1.807) is 31.0 Å². The lowest BCUT2D eigenvalue weighted by molar-refractivity contribution is -0.128. The first-order valence-corrected chi connectivity index (χ1v) is 11.1. The number of aryl methyl sites for hydroxylation is 1. The van der Waals surface area contributed by atoms with Gasteiger partial charge in [0.05, 0.1) is 18.6 Å². The van der Waals surface area contributed by atoms with Gasteiger partial charge < -0.3 is 15.0 Å². The summed E-state index contributed by atoms with van der Waals surface area (Å²) < 4.78 is 5.34. The van der Waals surface area contributed by atoms with E-state index in [9.17, 15) is 9.59 Å². The standard InChI is InChI=1S/C25H24N2O3S/c1-17-8-13-22(30-2)21(14-17)26-24(29)19-9-11-20(12-10-19)25-27(23(28)16-31-25)15-18-6-4-3-5-7-18/h3-14,25H,15-16H2,1-2H3,(H,26,29)/t25-/m1/s1. The number of rotatable bonds is 6. The van der Waals surface area contributed by atoms with Crippen molar-refractivity contribution >= 4 is 29.3 Å². The van der Waals surface area contributed by atoms with Crippen LogP contribution in [0.1, 0.15) is 32.4 Å². The van der Waals surface area contributed by atoms with Crippen molar-refractivity contribution in [2.24, 2.45) is 0 Å². The zero-order chi connectivity index (χ0) is 21.8. The largest absolute Gasteiger partial charge is 0.495 e. The summed E-state index contributed by atoms with van der Waals surface area (Å²) in [6.45, 7) is 2.54. The summed E-state index contributed by atoms with van der Waals surface area (Å²) in [7, 11) is 1.58. The Hall–Kier alpha value is -3.25. The van der Waals surface area contributed by atoms with Gasteiger partial charge in [0.1, 0.15) is 11.1 Å². The van der Waals surface area contributed by atoms with Gasteiger partial charge in [0.25, 0.3) is 5.91 Å². The molecule has 6 heteroatoms. The maximum atomic E-state index is 12.7. The highest BCUT2D eigenvalue weighted by Gasteiger charge is 2.32. The number of nitrogens with one attached hydrogen (secondary N) is 1. The number of hydrogen-bond donors (Lipinski definition) is 1. The van der Waals surface area contributed by atoms with Crippen LogP contribution in [-0.4, -0.2) is 29.6 Å². The molecule has 2 amide bonds. The molecule has 1 N–H and O–H groups in total. The Labute approximate surface area is 186 Å². The fraction of sp³-hybridized carbons (Fsp3) is 0.200. The fourth-order valence-electron chi connectivity index (χ4n) is 3.59. The number of nitrogens with zero attached hydrogens (tertiary/aromatic N) is 1. The van der Waals surface area contributed by atoms with Crippen molar-refractivity contribution in [1.29, 1.82) is 0 Å². The summed E-state index contributed by atoms with van der Waals surface area (Å²) >= 11 is 1.61. The number of amides is 2. The van der Waals surface area contributed by atoms with Crippen LogP contribution in [0.25, 0.3) is 0 Å². The summed E-state index contributed by atoms with van der Waals surface area (Å²) in [5.41, 5.74) is 4.34. The van der Waals surface area contributed by atoms with Gasteiger partial charge in [0.15, 0.2) is 0 Å². The van der Waals surface area contributed by atoms with E-state index in [1.165, 1.54) is 0 Å². The third kappa shape index (κ3) is 4.75. The monoisotopic (exact) mass is 432 g/mol. The highest BCUT2D eigenvalue weighted by Crippen LogP contribution is 2.39. The van der Waals surface area contributed by atoms with Crippen LogP contribution in [0.2, 0.25) is 0 Å². The van der Waals surface area contributed by atoms with Crippen LogP contribution in [-0.2, 0) is 11.3 Å². The zero-order valence-electron chi connectivity index (χ0n) is 17.5. The van der Waals surface area contributed by atoms with Gasteiger partial charge in [-0.2, -0.15) is 0 Å². The van der Waals surface area contributed by atoms with Crippen LogP contribution < -0.4 is 10.1 Å². The lowest BCUT2D eigenvalue weighted by Crippen LogP contribution is -2.27. The summed E-state index contributed by atoms with van der Waals surface area (Å²) in [5, 5.41) is 2.87. The lowest BCUT2D eigenvalue weighted by Gasteiger charge is -2.24. The number of thioether (sulfide) groups is 1. The Balaban J connectivity index is 1.49. The van der Waals surface area contributed by atoms with E-state index in [0.717, 1.165) is 16.7 Å². The summed E-state index contributed by atoms with van der Waals surface area (Å²) in [4.78, 5) is 27.1. The molecule has 1 aliphatic rings. The summed E-state index contributed by atoms with van der Waals surface area (Å²) in [6.07, 6.45) is 0. The average molecular weight is 433 g/mol. The molecule has 0 aromatic heterocycles. The van der Waals surface area contributed by atoms with Crippen molar-refractivity contribution in [3.8, 4) is 5.75 Å². The quantitative estimate of drug-likeness (QED) is 0.594. The topological polar surface area (TPSA) is 58.6 Å². The molecule has 0 aliphatic carbocycles. The van der Waals surface area contributed by atoms with Gasteiger partial charge in [-0.25, -0.2) is 0 Å². The molecule has 4 rings (SSSR count). The Morgan fingerprint density at radius 1 is 1.10 bits per heavy atom. The Kier molecular flexibility index (Phi) is 6.28.